The van der Waals surface area contributed by atoms with Crippen LogP contribution in [0.1, 0.15) is 141 Å². The van der Waals surface area contributed by atoms with Crippen molar-refractivity contribution in [2.75, 3.05) is 0 Å². The summed E-state index contributed by atoms with van der Waals surface area (Å²) in [6.45, 7) is -0.00322. The summed E-state index contributed by atoms with van der Waals surface area (Å²) in [4.78, 5) is 141. The van der Waals surface area contributed by atoms with Crippen LogP contribution in [-0.2, 0) is 42.2 Å². The first kappa shape index (κ1) is 74.2. The number of benzene rings is 9. The lowest BCUT2D eigenvalue weighted by Gasteiger charge is -2.13. The monoisotopic (exact) mass is 1510 g/mol. The smallest absolute Gasteiger partial charge is 0.346 e. The van der Waals surface area contributed by atoms with E-state index in [-0.39, 0.29) is 146 Å². The van der Waals surface area contributed by atoms with Crippen molar-refractivity contribution in [3.05, 3.63) is 291 Å². The zero-order chi connectivity index (χ0) is 68.5. The Balaban J connectivity index is 0.000000228. The van der Waals surface area contributed by atoms with E-state index in [0.29, 0.717) is 5.56 Å². The number of alkyl halides is 1. The summed E-state index contributed by atoms with van der Waals surface area (Å²) in [6.07, 6.45) is 0. The third-order valence-corrected chi connectivity index (χ3v) is 13.9. The number of ether oxygens (including phenoxy) is 7. The molecule has 0 spiro atoms. The van der Waals surface area contributed by atoms with Gasteiger partial charge < -0.3 is 90.1 Å². The zero-order valence-electron chi connectivity index (χ0n) is 49.8. The Morgan fingerprint density at radius 3 is 1.16 bits per heavy atom. The van der Waals surface area contributed by atoms with Gasteiger partial charge in [0, 0.05) is 10.9 Å². The number of fused-ring (bicyclic) bond motifs is 3. The maximum absolute atomic E-state index is 13.2. The molecule has 9 aromatic rings. The molecule has 5 N–H and O–H groups in total. The van der Waals surface area contributed by atoms with Crippen molar-refractivity contribution < 1.29 is 140 Å². The van der Waals surface area contributed by atoms with Gasteiger partial charge in [0.05, 0.1) is 44.5 Å². The average molecular weight is 1510 g/mol. The summed E-state index contributed by atoms with van der Waals surface area (Å²) < 4.78 is 34.7. The first-order chi connectivity index (χ1) is 45.5. The first-order valence-corrected chi connectivity index (χ1v) is 28.8. The van der Waals surface area contributed by atoms with Crippen molar-refractivity contribution in [2.45, 2.75) is 18.5 Å². The minimum Gasteiger partial charge on any atom is -1.00 e. The van der Waals surface area contributed by atoms with E-state index in [4.69, 9.17) is 45.9 Å². The second kappa shape index (κ2) is 34.3. The third-order valence-electron chi connectivity index (χ3n) is 13.1. The highest BCUT2D eigenvalue weighted by Gasteiger charge is 2.33. The number of carboxylic acids is 1. The standard InChI is InChI=1S/C32H16O12.C14H12O4.C9H3ClO4.C7H7Br.C7H6O4.CH3.HI/c33-26(17-6-9-20-22(12-17)31(38)43-29(20)36)41-19-8-11-25(24(14-19)28(35)40-15-16-4-2-1-3-5-16)42-27(34)18-7-10-21-23(13-18)32(39)44-30(21)37;15-11-6-7-13(16)12(8-11)14(17)18-9-10-4-2-1-3-5-10;10-7(11)4-1-2-5-6(3-4)9(13)14-8(5)12;8-6-7-4-2-1-3-5-7;8-4-1-2-6(9)5(3-4)7(10)11;;/h1-14H,15H2;1-8,15-16H,9H2;1-3H;1-5H,6H2;1-3,8-9H,(H,10,11);1H3;1H/q;;;;;-1;/p-1. The van der Waals surface area contributed by atoms with Crippen LogP contribution in [0, 0.1) is 7.43 Å². The van der Waals surface area contributed by atoms with Gasteiger partial charge in [0.15, 0.2) is 0 Å². The molecule has 12 rings (SSSR count). The van der Waals surface area contributed by atoms with Gasteiger partial charge in [-0.05, 0) is 137 Å². The lowest BCUT2D eigenvalue weighted by atomic mass is 10.1. The van der Waals surface area contributed by atoms with E-state index in [1.54, 1.807) is 30.3 Å². The molecule has 24 nitrogen and oxygen atoms in total. The Kier molecular flexibility index (Phi) is 26.2. The van der Waals surface area contributed by atoms with Crippen molar-refractivity contribution in [3.63, 3.8) is 0 Å². The molecule has 97 heavy (non-hydrogen) atoms. The minimum absolute atomic E-state index is 0. The van der Waals surface area contributed by atoms with Crippen LogP contribution in [0.4, 0.5) is 0 Å². The fourth-order valence-electron chi connectivity index (χ4n) is 8.33. The number of carbonyl (C=O) groups excluding carboxylic acids is 11. The van der Waals surface area contributed by atoms with E-state index >= 15 is 0 Å². The number of rotatable bonds is 13. The second-order valence-corrected chi connectivity index (χ2v) is 20.4. The molecule has 0 radical (unpaired) electrons. The van der Waals surface area contributed by atoms with E-state index in [1.165, 1.54) is 84.4 Å². The fraction of sp³-hybridized carbons (Fsp3) is 0.0429. The van der Waals surface area contributed by atoms with Crippen molar-refractivity contribution in [2.24, 2.45) is 0 Å². The normalized spacial score (nSPS) is 11.6. The van der Waals surface area contributed by atoms with Crippen LogP contribution in [0.2, 0.25) is 0 Å². The first-order valence-electron chi connectivity index (χ1n) is 27.3. The zero-order valence-corrected chi connectivity index (χ0v) is 54.3. The van der Waals surface area contributed by atoms with Gasteiger partial charge >= 0.3 is 65.7 Å². The van der Waals surface area contributed by atoms with Gasteiger partial charge in [0.25, 0.3) is 5.24 Å². The molecule has 3 heterocycles. The van der Waals surface area contributed by atoms with Crippen molar-refractivity contribution >= 4 is 98.4 Å². The molecule has 0 unspecified atom stereocenters. The molecule has 0 aliphatic carbocycles. The summed E-state index contributed by atoms with van der Waals surface area (Å²) in [7, 11) is 0. The molecule has 0 bridgehead atoms. The van der Waals surface area contributed by atoms with Crippen LogP contribution in [-0.4, -0.2) is 96.4 Å². The highest BCUT2D eigenvalue weighted by molar-refractivity contribution is 9.08. The lowest BCUT2D eigenvalue weighted by Crippen LogP contribution is -3.00. The van der Waals surface area contributed by atoms with Gasteiger partial charge in [-0.2, -0.15) is 0 Å². The van der Waals surface area contributed by atoms with Crippen LogP contribution in [0.3, 0.4) is 0 Å². The maximum atomic E-state index is 13.2. The van der Waals surface area contributed by atoms with Gasteiger partial charge in [-0.1, -0.05) is 107 Å². The summed E-state index contributed by atoms with van der Waals surface area (Å²) in [5.74, 6) is -10.9. The number of hydrogen-bond donors (Lipinski definition) is 5. The number of cyclic esters (lactones) is 6. The summed E-state index contributed by atoms with van der Waals surface area (Å²) in [5, 5.41) is 45.2. The molecule has 3 aliphatic rings. The molecule has 494 valence electrons. The Bertz CT molecular complexity index is 4540. The van der Waals surface area contributed by atoms with Crippen LogP contribution >= 0.6 is 27.5 Å². The van der Waals surface area contributed by atoms with Gasteiger partial charge in [-0.15, -0.1) is 0 Å². The SMILES string of the molecule is BrCc1ccccc1.O=C(Cl)c1ccc2c(c1)C(=O)OC2=O.O=C(O)c1cc(O)ccc1O.O=C(OCc1ccccc1)c1cc(O)ccc1O.O=C(Oc1ccc(OC(=O)c2ccc3c(c2)C(=O)OC3=O)c(C(=O)OCc2ccccc2)c1)c1ccc2c(c1)C(=O)OC2=O.[CH3-].[I-]. The third kappa shape index (κ3) is 19.6. The molecule has 0 saturated carbocycles. The molecule has 0 atom stereocenters. The maximum Gasteiger partial charge on any atom is 0.346 e. The minimum atomic E-state index is -1.27. The summed E-state index contributed by atoms with van der Waals surface area (Å²) in [5.41, 5.74) is 2.25. The van der Waals surface area contributed by atoms with E-state index in [2.05, 4.69) is 42.3 Å². The van der Waals surface area contributed by atoms with Crippen molar-refractivity contribution in [1.82, 2.24) is 0 Å². The largest absolute Gasteiger partial charge is 1.00 e. The van der Waals surface area contributed by atoms with Crippen molar-refractivity contribution in [3.8, 4) is 34.5 Å². The number of phenolic OH excluding ortho intramolecular Hbond substituents is 3. The van der Waals surface area contributed by atoms with Gasteiger partial charge in [0.1, 0.15) is 64.4 Å². The van der Waals surface area contributed by atoms with Crippen molar-refractivity contribution in [1.29, 1.82) is 0 Å². The molecular weight excluding hydrogens is 1470 g/mol. The molecule has 27 heteroatoms. The number of esters is 10. The Labute approximate surface area is 579 Å². The number of carbonyl (C=O) groups is 12. The van der Waals surface area contributed by atoms with E-state index in [9.17, 15) is 67.7 Å². The molecule has 9 aromatic carbocycles. The van der Waals surface area contributed by atoms with Crippen LogP contribution in [0.25, 0.3) is 0 Å². The van der Waals surface area contributed by atoms with Crippen LogP contribution in [0.5, 0.6) is 34.5 Å². The summed E-state index contributed by atoms with van der Waals surface area (Å²) in [6, 6.07) is 50.1. The topological polar surface area (TPSA) is 371 Å². The van der Waals surface area contributed by atoms with Gasteiger partial charge in [-0.3, -0.25) is 4.79 Å². The number of aromatic carboxylic acids is 1. The molecular formula is C70H47BrClIO24-2. The number of halogens is 3. The quantitative estimate of drug-likeness (QED) is 0.00828. The molecule has 0 fully saturated rings. The number of phenols is 4. The van der Waals surface area contributed by atoms with Crippen LogP contribution in [0.15, 0.2) is 200 Å². The molecule has 0 amide bonds. The Morgan fingerprint density at radius 1 is 0.392 bits per heavy atom. The molecule has 0 saturated heterocycles. The predicted octanol–water partition coefficient (Wildman–Crippen LogP) is 8.77. The highest BCUT2D eigenvalue weighted by atomic mass is 127. The predicted molar refractivity (Wildman–Crippen MR) is 338 cm³/mol. The summed E-state index contributed by atoms with van der Waals surface area (Å²) >= 11 is 8.57. The van der Waals surface area contributed by atoms with E-state index < -0.39 is 70.9 Å². The van der Waals surface area contributed by atoms with E-state index in [1.807, 2.05) is 48.5 Å². The number of carboxylic acid groups (broad SMARTS) is 1. The number of aromatic hydroxyl groups is 4. The second-order valence-electron chi connectivity index (χ2n) is 19.5. The fourth-order valence-corrected chi connectivity index (χ4v) is 8.82. The molecule has 3 aliphatic heterocycles. The highest BCUT2D eigenvalue weighted by Crippen LogP contribution is 2.31. The van der Waals surface area contributed by atoms with E-state index in [0.717, 1.165) is 41.2 Å². The van der Waals surface area contributed by atoms with Crippen LogP contribution < -0.4 is 33.5 Å². The average Bonchev–Trinajstić information content (AvgIpc) is 1.71. The van der Waals surface area contributed by atoms with Gasteiger partial charge in [0.2, 0.25) is 0 Å². The number of hydrogen-bond acceptors (Lipinski definition) is 23. The Morgan fingerprint density at radius 2 is 0.763 bits per heavy atom. The molecule has 0 aromatic heterocycles. The lowest BCUT2D eigenvalue weighted by molar-refractivity contribution is -0.000194. The van der Waals surface area contributed by atoms with Gasteiger partial charge in [-0.25, -0.2) is 52.7 Å². The Hall–Kier alpha value is -11.9.